The summed E-state index contributed by atoms with van der Waals surface area (Å²) in [7, 11) is 0. The van der Waals surface area contributed by atoms with Gasteiger partial charge in [0, 0.05) is 26.2 Å². The predicted molar refractivity (Wildman–Crippen MR) is 99.5 cm³/mol. The fourth-order valence-corrected chi connectivity index (χ4v) is 4.09. The minimum absolute atomic E-state index is 0.00821. The zero-order valence-electron chi connectivity index (χ0n) is 15.2. The van der Waals surface area contributed by atoms with E-state index >= 15 is 0 Å². The van der Waals surface area contributed by atoms with Crippen molar-refractivity contribution in [3.05, 3.63) is 35.9 Å². The van der Waals surface area contributed by atoms with E-state index in [9.17, 15) is 9.90 Å². The number of rotatable bonds is 6. The molecule has 1 aromatic carbocycles. The number of likely N-dealkylation sites (tertiary alicyclic amines) is 2. The first-order valence-corrected chi connectivity index (χ1v) is 9.59. The average Bonchev–Trinajstić information content (AvgIpc) is 3.25. The number of hydrogen-bond donors (Lipinski definition) is 2. The highest BCUT2D eigenvalue weighted by Crippen LogP contribution is 2.23. The predicted octanol–water partition coefficient (Wildman–Crippen LogP) is 1.96. The second kappa shape index (κ2) is 8.68. The summed E-state index contributed by atoms with van der Waals surface area (Å²) in [6.45, 7) is 6.93. The summed E-state index contributed by atoms with van der Waals surface area (Å²) in [6, 6.07) is 10.6. The average molecular weight is 345 g/mol. The standard InChI is InChI=1S/C20H31N3O2/c1-16-7-12-23(19(16)15-24)20(25)21-13-18-9-11-22(14-18)10-8-17-5-3-2-4-6-17/h2-6,16,18-19,24H,7-15H2,1H3,(H,21,25). The highest BCUT2D eigenvalue weighted by atomic mass is 16.3. The molecule has 1 aromatic rings. The Kier molecular flexibility index (Phi) is 6.32. The summed E-state index contributed by atoms with van der Waals surface area (Å²) in [5, 5.41) is 12.6. The fourth-order valence-electron chi connectivity index (χ4n) is 4.09. The van der Waals surface area contributed by atoms with Crippen molar-refractivity contribution in [2.45, 2.75) is 32.2 Å². The first-order chi connectivity index (χ1) is 12.2. The van der Waals surface area contributed by atoms with Crippen LogP contribution in [0.15, 0.2) is 30.3 Å². The van der Waals surface area contributed by atoms with E-state index in [4.69, 9.17) is 0 Å². The second-order valence-electron chi connectivity index (χ2n) is 7.59. The van der Waals surface area contributed by atoms with Crippen molar-refractivity contribution in [3.8, 4) is 0 Å². The van der Waals surface area contributed by atoms with Gasteiger partial charge in [0.25, 0.3) is 0 Å². The maximum Gasteiger partial charge on any atom is 0.317 e. The Morgan fingerprint density at radius 1 is 1.24 bits per heavy atom. The van der Waals surface area contributed by atoms with E-state index in [-0.39, 0.29) is 18.7 Å². The smallest absolute Gasteiger partial charge is 0.317 e. The van der Waals surface area contributed by atoms with Gasteiger partial charge in [0.2, 0.25) is 0 Å². The molecule has 0 aliphatic carbocycles. The Hall–Kier alpha value is -1.59. The molecule has 0 aromatic heterocycles. The number of benzene rings is 1. The van der Waals surface area contributed by atoms with Crippen molar-refractivity contribution in [1.82, 2.24) is 15.1 Å². The number of carbonyl (C=O) groups excluding carboxylic acids is 1. The van der Waals surface area contributed by atoms with Crippen LogP contribution in [0, 0.1) is 11.8 Å². The van der Waals surface area contributed by atoms with E-state index in [2.05, 4.69) is 47.5 Å². The van der Waals surface area contributed by atoms with Crippen LogP contribution in [-0.2, 0) is 6.42 Å². The molecule has 3 unspecified atom stereocenters. The molecular formula is C20H31N3O2. The Morgan fingerprint density at radius 2 is 2.04 bits per heavy atom. The largest absolute Gasteiger partial charge is 0.394 e. The van der Waals surface area contributed by atoms with Crippen molar-refractivity contribution in [1.29, 1.82) is 0 Å². The van der Waals surface area contributed by atoms with Crippen molar-refractivity contribution < 1.29 is 9.90 Å². The monoisotopic (exact) mass is 345 g/mol. The molecule has 0 bridgehead atoms. The topological polar surface area (TPSA) is 55.8 Å². The van der Waals surface area contributed by atoms with Gasteiger partial charge >= 0.3 is 6.03 Å². The van der Waals surface area contributed by atoms with E-state index in [0.717, 1.165) is 52.0 Å². The van der Waals surface area contributed by atoms with E-state index in [1.807, 2.05) is 4.90 Å². The molecule has 0 spiro atoms. The molecule has 3 rings (SSSR count). The summed E-state index contributed by atoms with van der Waals surface area (Å²) >= 11 is 0. The Morgan fingerprint density at radius 3 is 2.80 bits per heavy atom. The van der Waals surface area contributed by atoms with Crippen LogP contribution < -0.4 is 5.32 Å². The van der Waals surface area contributed by atoms with E-state index < -0.39 is 0 Å². The number of amides is 2. The van der Waals surface area contributed by atoms with Gasteiger partial charge in [-0.15, -0.1) is 0 Å². The van der Waals surface area contributed by atoms with Crippen molar-refractivity contribution in [2.75, 3.05) is 39.3 Å². The second-order valence-corrected chi connectivity index (χ2v) is 7.59. The molecule has 3 atom stereocenters. The molecule has 5 nitrogen and oxygen atoms in total. The first kappa shape index (κ1) is 18.2. The lowest BCUT2D eigenvalue weighted by atomic mass is 10.0. The van der Waals surface area contributed by atoms with Gasteiger partial charge < -0.3 is 20.2 Å². The molecular weight excluding hydrogens is 314 g/mol. The van der Waals surface area contributed by atoms with Crippen LogP contribution in [0.4, 0.5) is 4.79 Å². The summed E-state index contributed by atoms with van der Waals surface area (Å²) in [5.74, 6) is 0.919. The summed E-state index contributed by atoms with van der Waals surface area (Å²) in [5.41, 5.74) is 1.39. The normalized spacial score (nSPS) is 27.0. The van der Waals surface area contributed by atoms with Crippen LogP contribution in [0.5, 0.6) is 0 Å². The number of urea groups is 1. The van der Waals surface area contributed by atoms with Crippen LogP contribution in [0.25, 0.3) is 0 Å². The zero-order chi connectivity index (χ0) is 17.6. The maximum absolute atomic E-state index is 12.4. The summed E-state index contributed by atoms with van der Waals surface area (Å²) in [6.07, 6.45) is 3.22. The minimum atomic E-state index is -0.0223. The van der Waals surface area contributed by atoms with Gasteiger partial charge in [0.15, 0.2) is 0 Å². The fraction of sp³-hybridized carbons (Fsp3) is 0.650. The maximum atomic E-state index is 12.4. The Bertz CT molecular complexity index is 551. The summed E-state index contributed by atoms with van der Waals surface area (Å²) < 4.78 is 0. The van der Waals surface area contributed by atoms with Gasteiger partial charge in [-0.05, 0) is 43.2 Å². The molecule has 2 N–H and O–H groups in total. The third-order valence-corrected chi connectivity index (χ3v) is 5.80. The molecule has 5 heteroatoms. The lowest BCUT2D eigenvalue weighted by Gasteiger charge is -2.26. The van der Waals surface area contributed by atoms with Crippen LogP contribution in [0.1, 0.15) is 25.3 Å². The van der Waals surface area contributed by atoms with Crippen molar-refractivity contribution >= 4 is 6.03 Å². The number of carbonyl (C=O) groups is 1. The van der Waals surface area contributed by atoms with E-state index in [1.54, 1.807) is 0 Å². The number of nitrogens with zero attached hydrogens (tertiary/aromatic N) is 2. The highest BCUT2D eigenvalue weighted by Gasteiger charge is 2.34. The first-order valence-electron chi connectivity index (χ1n) is 9.59. The number of aliphatic hydroxyl groups excluding tert-OH is 1. The van der Waals surface area contributed by atoms with E-state index in [0.29, 0.717) is 11.8 Å². The number of hydrogen-bond acceptors (Lipinski definition) is 3. The molecule has 2 heterocycles. The lowest BCUT2D eigenvalue weighted by Crippen LogP contribution is -2.46. The quantitative estimate of drug-likeness (QED) is 0.829. The number of nitrogens with one attached hydrogen (secondary N) is 1. The minimum Gasteiger partial charge on any atom is -0.394 e. The summed E-state index contributed by atoms with van der Waals surface area (Å²) in [4.78, 5) is 16.7. The van der Waals surface area contributed by atoms with Crippen LogP contribution in [0.3, 0.4) is 0 Å². The van der Waals surface area contributed by atoms with Crippen LogP contribution in [-0.4, -0.2) is 66.3 Å². The third-order valence-electron chi connectivity index (χ3n) is 5.80. The van der Waals surface area contributed by atoms with Gasteiger partial charge in [-0.1, -0.05) is 37.3 Å². The molecule has 2 amide bonds. The molecule has 138 valence electrons. The van der Waals surface area contributed by atoms with Gasteiger partial charge in [0.1, 0.15) is 0 Å². The number of aliphatic hydroxyl groups is 1. The van der Waals surface area contributed by atoms with E-state index in [1.165, 1.54) is 5.56 Å². The molecule has 0 radical (unpaired) electrons. The van der Waals surface area contributed by atoms with Gasteiger partial charge in [-0.25, -0.2) is 4.79 Å². The molecule has 2 fully saturated rings. The van der Waals surface area contributed by atoms with Gasteiger partial charge in [-0.3, -0.25) is 0 Å². The molecule has 0 saturated carbocycles. The SMILES string of the molecule is CC1CCN(C(=O)NCC2CCN(CCc3ccccc3)C2)C1CO. The van der Waals surface area contributed by atoms with Gasteiger partial charge in [-0.2, -0.15) is 0 Å². The molecule has 2 aliphatic heterocycles. The highest BCUT2D eigenvalue weighted by molar-refractivity contribution is 5.75. The van der Waals surface area contributed by atoms with Crippen LogP contribution in [0.2, 0.25) is 0 Å². The molecule has 25 heavy (non-hydrogen) atoms. The Labute approximate surface area is 151 Å². The molecule has 2 saturated heterocycles. The van der Waals surface area contributed by atoms with Gasteiger partial charge in [0.05, 0.1) is 12.6 Å². The van der Waals surface area contributed by atoms with Crippen LogP contribution >= 0.6 is 0 Å². The Balaban J connectivity index is 1.37. The molecule has 2 aliphatic rings. The van der Waals surface area contributed by atoms with Crippen molar-refractivity contribution in [3.63, 3.8) is 0 Å². The lowest BCUT2D eigenvalue weighted by molar-refractivity contribution is 0.143. The zero-order valence-corrected chi connectivity index (χ0v) is 15.2. The third kappa shape index (κ3) is 4.73. The van der Waals surface area contributed by atoms with Crippen molar-refractivity contribution in [2.24, 2.45) is 11.8 Å².